The van der Waals surface area contributed by atoms with Crippen LogP contribution in [-0.2, 0) is 6.42 Å². The summed E-state index contributed by atoms with van der Waals surface area (Å²) in [6, 6.07) is 15.3. The molecule has 0 aliphatic carbocycles. The van der Waals surface area contributed by atoms with E-state index in [1.165, 1.54) is 24.6 Å². The van der Waals surface area contributed by atoms with Gasteiger partial charge in [-0.2, -0.15) is 0 Å². The fraction of sp³-hybridized carbons (Fsp3) is 0.367. The molecule has 0 fully saturated rings. The molecule has 0 amide bonds. The molecular formula is C30H36N2O3. The van der Waals surface area contributed by atoms with Crippen LogP contribution in [0.25, 0.3) is 11.3 Å². The molecule has 1 aromatic heterocycles. The summed E-state index contributed by atoms with van der Waals surface area (Å²) < 4.78 is 11.2. The van der Waals surface area contributed by atoms with E-state index in [4.69, 9.17) is 9.47 Å². The highest BCUT2D eigenvalue weighted by molar-refractivity contribution is 5.90. The largest absolute Gasteiger partial charge is 0.494 e. The quantitative estimate of drug-likeness (QED) is 0.138. The van der Waals surface area contributed by atoms with E-state index in [0.717, 1.165) is 55.9 Å². The predicted molar refractivity (Wildman–Crippen MR) is 141 cm³/mol. The van der Waals surface area contributed by atoms with E-state index in [1.807, 2.05) is 42.5 Å². The molecule has 0 radical (unpaired) electrons. The van der Waals surface area contributed by atoms with Crippen LogP contribution in [0.2, 0.25) is 0 Å². The Hall–Kier alpha value is -3.47. The highest BCUT2D eigenvalue weighted by Crippen LogP contribution is 2.22. The summed E-state index contributed by atoms with van der Waals surface area (Å²) in [5.41, 5.74) is 3.32. The lowest BCUT2D eigenvalue weighted by molar-refractivity contribution is 0.0727. The summed E-state index contributed by atoms with van der Waals surface area (Å²) in [5, 5.41) is 0. The van der Waals surface area contributed by atoms with Crippen LogP contribution in [0.3, 0.4) is 0 Å². The van der Waals surface area contributed by atoms with E-state index in [1.54, 1.807) is 18.3 Å². The fourth-order valence-electron chi connectivity index (χ4n) is 3.65. The van der Waals surface area contributed by atoms with Crippen molar-refractivity contribution < 1.29 is 14.3 Å². The second kappa shape index (κ2) is 14.1. The molecule has 35 heavy (non-hydrogen) atoms. The Kier molecular flexibility index (Phi) is 10.5. The molecule has 0 saturated heterocycles. The second-order valence-corrected chi connectivity index (χ2v) is 8.89. The maximum Gasteiger partial charge on any atom is 0.344 e. The average molecular weight is 473 g/mol. The van der Waals surface area contributed by atoms with Crippen molar-refractivity contribution in [2.75, 3.05) is 6.61 Å². The first-order valence-electron chi connectivity index (χ1n) is 12.6. The van der Waals surface area contributed by atoms with Crippen molar-refractivity contribution in [1.29, 1.82) is 0 Å². The zero-order chi connectivity index (χ0) is 24.9. The maximum atomic E-state index is 12.5. The molecule has 0 spiro atoms. The molecule has 3 aromatic rings. The molecule has 1 unspecified atom stereocenters. The molecule has 0 bridgehead atoms. The first-order valence-corrected chi connectivity index (χ1v) is 12.6. The Morgan fingerprint density at radius 3 is 2.43 bits per heavy atom. The van der Waals surface area contributed by atoms with Crippen molar-refractivity contribution in [3.63, 3.8) is 0 Å². The van der Waals surface area contributed by atoms with E-state index in [-0.39, 0.29) is 5.88 Å². The van der Waals surface area contributed by atoms with Crippen LogP contribution in [0.4, 0.5) is 0 Å². The molecule has 0 aliphatic rings. The van der Waals surface area contributed by atoms with E-state index in [2.05, 4.69) is 30.4 Å². The number of rotatable bonds is 14. The van der Waals surface area contributed by atoms with Gasteiger partial charge in [0.2, 0.25) is 5.88 Å². The number of aryl methyl sites for hydroxylation is 1. The lowest BCUT2D eigenvalue weighted by Gasteiger charge is -2.10. The molecule has 3 rings (SSSR count). The summed E-state index contributed by atoms with van der Waals surface area (Å²) in [6.07, 6.45) is 12.7. The number of nitrogens with zero attached hydrogens (tertiary/aromatic N) is 2. The Bertz CT molecular complexity index is 1040. The Labute approximate surface area is 209 Å². The first-order chi connectivity index (χ1) is 17.1. The van der Waals surface area contributed by atoms with E-state index in [0.29, 0.717) is 11.3 Å². The summed E-state index contributed by atoms with van der Waals surface area (Å²) >= 11 is 0. The first kappa shape index (κ1) is 26.1. The van der Waals surface area contributed by atoms with Crippen molar-refractivity contribution in [3.05, 3.63) is 84.7 Å². The van der Waals surface area contributed by atoms with Gasteiger partial charge in [0.05, 0.1) is 30.3 Å². The summed E-state index contributed by atoms with van der Waals surface area (Å²) in [4.78, 5) is 21.1. The van der Waals surface area contributed by atoms with Gasteiger partial charge in [0.25, 0.3) is 0 Å². The third kappa shape index (κ3) is 8.67. The lowest BCUT2D eigenvalue weighted by Crippen LogP contribution is -2.09. The van der Waals surface area contributed by atoms with Gasteiger partial charge in [-0.3, -0.25) is 0 Å². The van der Waals surface area contributed by atoms with Gasteiger partial charge in [-0.1, -0.05) is 38.5 Å². The van der Waals surface area contributed by atoms with Crippen LogP contribution in [0.15, 0.2) is 73.6 Å². The van der Waals surface area contributed by atoms with Gasteiger partial charge in [-0.15, -0.1) is 6.58 Å². The highest BCUT2D eigenvalue weighted by atomic mass is 16.5. The number of allylic oxidation sites excluding steroid dienone is 1. The van der Waals surface area contributed by atoms with Gasteiger partial charge in [0.1, 0.15) is 5.75 Å². The van der Waals surface area contributed by atoms with Crippen molar-refractivity contribution in [3.8, 4) is 22.9 Å². The number of unbranched alkanes of at least 4 members (excludes halogenated alkanes) is 2. The molecule has 184 valence electrons. The number of benzene rings is 2. The summed E-state index contributed by atoms with van der Waals surface area (Å²) in [6.45, 7) is 8.96. The number of hydrogen-bond donors (Lipinski definition) is 0. The summed E-state index contributed by atoms with van der Waals surface area (Å²) in [5.74, 6) is 1.32. The Morgan fingerprint density at radius 2 is 1.77 bits per heavy atom. The number of carbonyl (C=O) groups excluding carboxylic acids is 1. The van der Waals surface area contributed by atoms with Gasteiger partial charge in [0, 0.05) is 5.56 Å². The van der Waals surface area contributed by atoms with E-state index >= 15 is 0 Å². The monoisotopic (exact) mass is 472 g/mol. The molecule has 5 heteroatoms. The van der Waals surface area contributed by atoms with Crippen LogP contribution in [0, 0.1) is 5.92 Å². The number of hydrogen-bond acceptors (Lipinski definition) is 5. The van der Waals surface area contributed by atoms with Crippen molar-refractivity contribution in [2.24, 2.45) is 5.92 Å². The number of aromatic nitrogens is 2. The van der Waals surface area contributed by atoms with E-state index in [9.17, 15) is 4.79 Å². The van der Waals surface area contributed by atoms with Crippen LogP contribution >= 0.6 is 0 Å². The van der Waals surface area contributed by atoms with Crippen molar-refractivity contribution in [2.45, 2.75) is 58.8 Å². The zero-order valence-electron chi connectivity index (χ0n) is 20.9. The molecule has 0 saturated carbocycles. The second-order valence-electron chi connectivity index (χ2n) is 8.89. The van der Waals surface area contributed by atoms with E-state index < -0.39 is 5.97 Å². The third-order valence-electron chi connectivity index (χ3n) is 6.10. The molecule has 0 N–H and O–H groups in total. The normalized spacial score (nSPS) is 11.6. The number of esters is 1. The van der Waals surface area contributed by atoms with Crippen LogP contribution in [0.5, 0.6) is 11.6 Å². The van der Waals surface area contributed by atoms with Gasteiger partial charge in [-0.25, -0.2) is 14.8 Å². The van der Waals surface area contributed by atoms with Crippen LogP contribution in [-0.4, -0.2) is 22.5 Å². The minimum absolute atomic E-state index is 0.175. The number of ether oxygens (including phenoxy) is 2. The van der Waals surface area contributed by atoms with Gasteiger partial charge >= 0.3 is 5.97 Å². The fourth-order valence-corrected chi connectivity index (χ4v) is 3.65. The highest BCUT2D eigenvalue weighted by Gasteiger charge is 2.11. The molecule has 0 aliphatic heterocycles. The topological polar surface area (TPSA) is 61.3 Å². The minimum atomic E-state index is -0.444. The van der Waals surface area contributed by atoms with Gasteiger partial charge in [0.15, 0.2) is 0 Å². The van der Waals surface area contributed by atoms with Crippen molar-refractivity contribution >= 4 is 5.97 Å². The Morgan fingerprint density at radius 1 is 1.00 bits per heavy atom. The molecule has 2 aromatic carbocycles. The molecule has 1 atom stereocenters. The SMILES string of the molecule is C=CCCCCc1ccc(C(=O)Oc2cnc(-c3ccc(OCCCC(C)CC)cc3)cn2)cc1. The molecular weight excluding hydrogens is 436 g/mol. The van der Waals surface area contributed by atoms with Gasteiger partial charge in [-0.05, 0) is 86.4 Å². The van der Waals surface area contributed by atoms with Crippen LogP contribution < -0.4 is 9.47 Å². The van der Waals surface area contributed by atoms with Crippen molar-refractivity contribution in [1.82, 2.24) is 9.97 Å². The summed E-state index contributed by atoms with van der Waals surface area (Å²) in [7, 11) is 0. The molecule has 5 nitrogen and oxygen atoms in total. The smallest absolute Gasteiger partial charge is 0.344 e. The number of carbonyl (C=O) groups is 1. The standard InChI is InChI=1S/C30H36N2O3/c1-4-6-7-8-11-24-12-14-26(15-13-24)30(33)35-29-22-31-28(21-32-29)25-16-18-27(19-17-25)34-20-9-10-23(3)5-2/h4,12-19,21-23H,1,5-11,20H2,2-3H3. The Balaban J connectivity index is 1.48. The minimum Gasteiger partial charge on any atom is -0.494 e. The third-order valence-corrected chi connectivity index (χ3v) is 6.10. The lowest BCUT2D eigenvalue weighted by atomic mass is 10.0. The molecule has 1 heterocycles. The van der Waals surface area contributed by atoms with Gasteiger partial charge < -0.3 is 9.47 Å². The average Bonchev–Trinajstić information content (AvgIpc) is 2.90. The maximum absolute atomic E-state index is 12.5. The predicted octanol–water partition coefficient (Wildman–Crippen LogP) is 7.47. The van der Waals surface area contributed by atoms with Crippen LogP contribution in [0.1, 0.15) is 68.3 Å². The zero-order valence-corrected chi connectivity index (χ0v) is 20.9.